The Hall–Kier alpha value is -1.66. The summed E-state index contributed by atoms with van der Waals surface area (Å²) in [5.41, 5.74) is 1.03. The van der Waals surface area contributed by atoms with Crippen LogP contribution in [0.25, 0.3) is 0 Å². The molecule has 1 aromatic carbocycles. The van der Waals surface area contributed by atoms with Crippen molar-refractivity contribution < 1.29 is 9.72 Å². The molecule has 1 aliphatic carbocycles. The van der Waals surface area contributed by atoms with Gasteiger partial charge in [-0.15, -0.1) is 12.4 Å². The minimum atomic E-state index is -0.414. The second-order valence-electron chi connectivity index (χ2n) is 6.45. The molecule has 2 N–H and O–H groups in total. The third-order valence-electron chi connectivity index (χ3n) is 5.05. The van der Waals surface area contributed by atoms with Crippen molar-refractivity contribution in [2.24, 2.45) is 11.3 Å². The maximum absolute atomic E-state index is 12.4. The highest BCUT2D eigenvalue weighted by molar-refractivity contribution is 5.85. The maximum Gasteiger partial charge on any atom is 0.269 e. The summed E-state index contributed by atoms with van der Waals surface area (Å²) in [5.74, 6) is 0.191. The predicted molar refractivity (Wildman–Crippen MR) is 89.5 cm³/mol. The van der Waals surface area contributed by atoms with E-state index in [1.165, 1.54) is 12.1 Å². The largest absolute Gasteiger partial charge is 0.349 e. The fourth-order valence-electron chi connectivity index (χ4n) is 3.50. The van der Waals surface area contributed by atoms with Crippen molar-refractivity contribution in [1.29, 1.82) is 0 Å². The average molecular weight is 340 g/mol. The Morgan fingerprint density at radius 3 is 2.78 bits per heavy atom. The molecule has 2 atom stereocenters. The van der Waals surface area contributed by atoms with Gasteiger partial charge in [0.2, 0.25) is 5.91 Å². The Kier molecular flexibility index (Phi) is 5.26. The smallest absolute Gasteiger partial charge is 0.269 e. The minimum absolute atomic E-state index is 0. The molecule has 3 rings (SSSR count). The van der Waals surface area contributed by atoms with Gasteiger partial charge in [-0.2, -0.15) is 0 Å². The third kappa shape index (κ3) is 3.64. The number of nitrogens with one attached hydrogen (secondary N) is 2. The first-order valence-corrected chi connectivity index (χ1v) is 7.77. The van der Waals surface area contributed by atoms with Crippen molar-refractivity contribution in [2.45, 2.75) is 32.2 Å². The van der Waals surface area contributed by atoms with E-state index in [0.717, 1.165) is 37.9 Å². The van der Waals surface area contributed by atoms with Crippen LogP contribution in [0.2, 0.25) is 0 Å². The number of nitrogens with zero attached hydrogens (tertiary/aromatic N) is 1. The van der Waals surface area contributed by atoms with Crippen molar-refractivity contribution >= 4 is 24.0 Å². The number of non-ortho nitro benzene ring substituents is 1. The van der Waals surface area contributed by atoms with E-state index < -0.39 is 4.92 Å². The highest BCUT2D eigenvalue weighted by Gasteiger charge is 2.57. The number of rotatable bonds is 4. The van der Waals surface area contributed by atoms with Gasteiger partial charge in [-0.1, -0.05) is 12.1 Å². The number of carbonyl (C=O) groups excluding carboxylic acids is 1. The van der Waals surface area contributed by atoms with Gasteiger partial charge in [0.05, 0.1) is 11.0 Å². The second-order valence-corrected chi connectivity index (χ2v) is 6.45. The molecule has 1 amide bonds. The van der Waals surface area contributed by atoms with Crippen LogP contribution >= 0.6 is 12.4 Å². The van der Waals surface area contributed by atoms with Gasteiger partial charge in [0.25, 0.3) is 5.69 Å². The normalized spacial score (nSPS) is 22.7. The highest BCUT2D eigenvalue weighted by atomic mass is 35.5. The van der Waals surface area contributed by atoms with Gasteiger partial charge < -0.3 is 10.6 Å². The van der Waals surface area contributed by atoms with Crippen molar-refractivity contribution in [1.82, 2.24) is 10.6 Å². The Labute approximate surface area is 141 Å². The Bertz CT molecular complexity index is 602. The van der Waals surface area contributed by atoms with Gasteiger partial charge in [-0.3, -0.25) is 14.9 Å². The monoisotopic (exact) mass is 339 g/mol. The lowest BCUT2D eigenvalue weighted by Crippen LogP contribution is -2.34. The van der Waals surface area contributed by atoms with E-state index in [4.69, 9.17) is 0 Å². The van der Waals surface area contributed by atoms with Crippen LogP contribution in [0.3, 0.4) is 0 Å². The number of halogens is 1. The van der Waals surface area contributed by atoms with Crippen molar-refractivity contribution in [3.05, 3.63) is 39.9 Å². The van der Waals surface area contributed by atoms with Gasteiger partial charge in [0, 0.05) is 18.1 Å². The third-order valence-corrected chi connectivity index (χ3v) is 5.05. The maximum atomic E-state index is 12.4. The van der Waals surface area contributed by atoms with Gasteiger partial charge in [0.1, 0.15) is 0 Å². The standard InChI is InChI=1S/C16H21N3O3.ClH/c1-11(12-3-2-4-13(9-12)19(21)22)18-15(20)14-10-16(14)5-7-17-8-6-16;/h2-4,9,11,14,17H,5-8,10H2,1H3,(H,18,20);1H. The first kappa shape index (κ1) is 17.7. The molecule has 1 aliphatic heterocycles. The van der Waals surface area contributed by atoms with Crippen molar-refractivity contribution in [3.63, 3.8) is 0 Å². The molecule has 0 radical (unpaired) electrons. The van der Waals surface area contributed by atoms with Crippen LogP contribution in [-0.2, 0) is 4.79 Å². The van der Waals surface area contributed by atoms with E-state index in [1.807, 2.05) is 13.0 Å². The van der Waals surface area contributed by atoms with E-state index in [0.29, 0.717) is 0 Å². The molecule has 1 spiro atoms. The van der Waals surface area contributed by atoms with Crippen LogP contribution in [0.4, 0.5) is 5.69 Å². The topological polar surface area (TPSA) is 84.3 Å². The molecule has 6 nitrogen and oxygen atoms in total. The number of piperidine rings is 1. The molecule has 7 heteroatoms. The number of carbonyl (C=O) groups is 1. The minimum Gasteiger partial charge on any atom is -0.349 e. The summed E-state index contributed by atoms with van der Waals surface area (Å²) >= 11 is 0. The lowest BCUT2D eigenvalue weighted by atomic mass is 9.91. The number of nitro benzene ring substituents is 1. The van der Waals surface area contributed by atoms with Gasteiger partial charge in [0.15, 0.2) is 0 Å². The fraction of sp³-hybridized carbons (Fsp3) is 0.562. The van der Waals surface area contributed by atoms with Crippen molar-refractivity contribution in [3.8, 4) is 0 Å². The van der Waals surface area contributed by atoms with E-state index in [1.54, 1.807) is 6.07 Å². The summed E-state index contributed by atoms with van der Waals surface area (Å²) in [6.45, 7) is 3.85. The molecule has 2 aliphatic rings. The van der Waals surface area contributed by atoms with E-state index in [-0.39, 0.29) is 41.4 Å². The van der Waals surface area contributed by atoms with Crippen molar-refractivity contribution in [2.75, 3.05) is 13.1 Å². The number of nitro groups is 1. The first-order valence-electron chi connectivity index (χ1n) is 7.77. The number of benzene rings is 1. The van der Waals surface area contributed by atoms with Crippen LogP contribution in [0.15, 0.2) is 24.3 Å². The molecule has 0 bridgehead atoms. The molecule has 126 valence electrons. The van der Waals surface area contributed by atoms with E-state index >= 15 is 0 Å². The molecule has 1 saturated carbocycles. The molecular weight excluding hydrogens is 318 g/mol. The quantitative estimate of drug-likeness (QED) is 0.652. The second kappa shape index (κ2) is 6.84. The molecule has 2 fully saturated rings. The molecule has 1 saturated heterocycles. The summed E-state index contributed by atoms with van der Waals surface area (Å²) in [7, 11) is 0. The molecule has 1 heterocycles. The SMILES string of the molecule is CC(NC(=O)C1CC12CCNCC2)c1cccc([N+](=O)[O-])c1.Cl. The average Bonchev–Trinajstić information content (AvgIpc) is 3.21. The van der Waals surface area contributed by atoms with E-state index in [2.05, 4.69) is 10.6 Å². The predicted octanol–water partition coefficient (Wildman–Crippen LogP) is 2.58. The van der Waals surface area contributed by atoms with Crippen LogP contribution in [0.1, 0.15) is 37.8 Å². The number of amides is 1. The first-order chi connectivity index (χ1) is 10.5. The lowest BCUT2D eigenvalue weighted by molar-refractivity contribution is -0.384. The molecule has 0 aromatic heterocycles. The van der Waals surface area contributed by atoms with Crippen LogP contribution in [0, 0.1) is 21.4 Å². The summed E-state index contributed by atoms with van der Waals surface area (Å²) in [4.78, 5) is 22.8. The molecule has 23 heavy (non-hydrogen) atoms. The van der Waals surface area contributed by atoms with Gasteiger partial charge in [-0.05, 0) is 50.3 Å². The fourth-order valence-corrected chi connectivity index (χ4v) is 3.50. The molecule has 1 aromatic rings. The summed E-state index contributed by atoms with van der Waals surface area (Å²) in [5, 5.41) is 17.2. The van der Waals surface area contributed by atoms with Gasteiger partial charge >= 0.3 is 0 Å². The molecular formula is C16H22ClN3O3. The van der Waals surface area contributed by atoms with Gasteiger partial charge in [-0.25, -0.2) is 0 Å². The zero-order chi connectivity index (χ0) is 15.7. The lowest BCUT2D eigenvalue weighted by Gasteiger charge is -2.23. The summed E-state index contributed by atoms with van der Waals surface area (Å²) < 4.78 is 0. The molecule has 2 unspecified atom stereocenters. The zero-order valence-corrected chi connectivity index (χ0v) is 13.9. The Balaban J connectivity index is 0.00000192. The summed E-state index contributed by atoms with van der Waals surface area (Å²) in [6.07, 6.45) is 3.11. The zero-order valence-electron chi connectivity index (χ0n) is 13.1. The Morgan fingerprint density at radius 2 is 2.13 bits per heavy atom. The number of hydrogen-bond acceptors (Lipinski definition) is 4. The Morgan fingerprint density at radius 1 is 1.43 bits per heavy atom. The van der Waals surface area contributed by atoms with Crippen LogP contribution < -0.4 is 10.6 Å². The van der Waals surface area contributed by atoms with Crippen LogP contribution in [-0.4, -0.2) is 23.9 Å². The highest BCUT2D eigenvalue weighted by Crippen LogP contribution is 2.58. The summed E-state index contributed by atoms with van der Waals surface area (Å²) in [6, 6.07) is 6.24. The van der Waals surface area contributed by atoms with E-state index in [9.17, 15) is 14.9 Å². The number of hydrogen-bond donors (Lipinski definition) is 2. The van der Waals surface area contributed by atoms with Crippen LogP contribution in [0.5, 0.6) is 0 Å².